The minimum atomic E-state index is 0.232. The Kier molecular flexibility index (Phi) is 4.63. The van der Waals surface area contributed by atoms with Gasteiger partial charge in [-0.15, -0.1) is 0 Å². The molecule has 0 saturated heterocycles. The second-order valence-corrected chi connectivity index (χ2v) is 3.11. The fourth-order valence-electron chi connectivity index (χ4n) is 1.22. The Morgan fingerprint density at radius 1 is 1.40 bits per heavy atom. The van der Waals surface area contributed by atoms with E-state index in [1.165, 1.54) is 0 Å². The van der Waals surface area contributed by atoms with E-state index >= 15 is 0 Å². The first-order valence-electron chi connectivity index (χ1n) is 4.97. The second-order valence-electron chi connectivity index (χ2n) is 3.11. The van der Waals surface area contributed by atoms with Crippen molar-refractivity contribution in [2.75, 3.05) is 6.61 Å². The molecule has 0 bridgehead atoms. The van der Waals surface area contributed by atoms with Crippen LogP contribution < -0.4 is 11.5 Å². The maximum atomic E-state index is 5.54. The molecule has 4 heteroatoms. The molecule has 4 nitrogen and oxygen atoms in total. The first-order chi connectivity index (χ1) is 7.26. The van der Waals surface area contributed by atoms with E-state index in [2.05, 4.69) is 4.99 Å². The normalized spacial score (nSPS) is 11.5. The van der Waals surface area contributed by atoms with Crippen LogP contribution in [0.15, 0.2) is 29.3 Å². The highest BCUT2D eigenvalue weighted by molar-refractivity contribution is 5.71. The zero-order chi connectivity index (χ0) is 11.1. The highest BCUT2D eigenvalue weighted by Crippen LogP contribution is 2.05. The van der Waals surface area contributed by atoms with Crippen LogP contribution in [-0.4, -0.2) is 12.6 Å². The molecule has 0 amide bonds. The van der Waals surface area contributed by atoms with Gasteiger partial charge in [-0.05, 0) is 18.1 Å². The van der Waals surface area contributed by atoms with Gasteiger partial charge in [-0.1, -0.05) is 24.3 Å². The van der Waals surface area contributed by atoms with Crippen LogP contribution in [0, 0.1) is 0 Å². The topological polar surface area (TPSA) is 73.6 Å². The van der Waals surface area contributed by atoms with Gasteiger partial charge >= 0.3 is 0 Å². The van der Waals surface area contributed by atoms with Crippen LogP contribution in [-0.2, 0) is 17.8 Å². The predicted octanol–water partition coefficient (Wildman–Crippen LogP) is 0.997. The molecule has 0 aliphatic carbocycles. The van der Waals surface area contributed by atoms with Crippen LogP contribution in [0.25, 0.3) is 0 Å². The van der Waals surface area contributed by atoms with Crippen LogP contribution >= 0.6 is 0 Å². The van der Waals surface area contributed by atoms with Crippen LogP contribution in [0.4, 0.5) is 0 Å². The quantitative estimate of drug-likeness (QED) is 0.571. The average molecular weight is 207 g/mol. The number of aliphatic imine (C=N–C) groups is 1. The van der Waals surface area contributed by atoms with Gasteiger partial charge in [-0.2, -0.15) is 0 Å². The molecule has 15 heavy (non-hydrogen) atoms. The summed E-state index contributed by atoms with van der Waals surface area (Å²) in [7, 11) is 0. The maximum absolute atomic E-state index is 5.54. The summed E-state index contributed by atoms with van der Waals surface area (Å²) in [6.45, 7) is 3.48. The molecule has 0 heterocycles. The summed E-state index contributed by atoms with van der Waals surface area (Å²) in [5.41, 5.74) is 13.2. The Bertz CT molecular complexity index is 336. The van der Waals surface area contributed by atoms with Crippen molar-refractivity contribution in [3.05, 3.63) is 35.4 Å². The third kappa shape index (κ3) is 3.99. The highest BCUT2D eigenvalue weighted by atomic mass is 16.5. The van der Waals surface area contributed by atoms with Crippen molar-refractivity contribution in [1.82, 2.24) is 0 Å². The Labute approximate surface area is 89.9 Å². The van der Waals surface area contributed by atoms with Crippen LogP contribution in [0.2, 0.25) is 0 Å². The van der Waals surface area contributed by atoms with Crippen molar-refractivity contribution >= 4 is 6.02 Å². The van der Waals surface area contributed by atoms with E-state index in [0.717, 1.165) is 11.1 Å². The van der Waals surface area contributed by atoms with E-state index in [1.54, 1.807) is 0 Å². The van der Waals surface area contributed by atoms with Crippen molar-refractivity contribution in [3.63, 3.8) is 0 Å². The second kappa shape index (κ2) is 6.03. The fraction of sp³-hybridized carbons (Fsp3) is 0.364. The van der Waals surface area contributed by atoms with Crippen LogP contribution in [0.5, 0.6) is 0 Å². The Hall–Kier alpha value is -1.55. The lowest BCUT2D eigenvalue weighted by Gasteiger charge is -2.02. The number of hydrogen-bond acceptors (Lipinski definition) is 3. The molecule has 0 aromatic heterocycles. The van der Waals surface area contributed by atoms with E-state index < -0.39 is 0 Å². The molecule has 0 radical (unpaired) electrons. The molecule has 1 aromatic carbocycles. The lowest BCUT2D eigenvalue weighted by molar-refractivity contribution is 0.320. The Balaban J connectivity index is 2.60. The number of ether oxygens (including phenoxy) is 1. The van der Waals surface area contributed by atoms with Gasteiger partial charge in [0.1, 0.15) is 0 Å². The maximum Gasteiger partial charge on any atom is 0.282 e. The van der Waals surface area contributed by atoms with E-state index in [9.17, 15) is 0 Å². The Morgan fingerprint density at radius 2 is 2.13 bits per heavy atom. The van der Waals surface area contributed by atoms with Gasteiger partial charge in [0.2, 0.25) is 0 Å². The number of nitrogens with two attached hydrogens (primary N) is 2. The van der Waals surface area contributed by atoms with Gasteiger partial charge in [0.25, 0.3) is 6.02 Å². The summed E-state index contributed by atoms with van der Waals surface area (Å²) in [6.07, 6.45) is 0. The molecule has 1 rings (SSSR count). The number of amidine groups is 1. The van der Waals surface area contributed by atoms with Crippen LogP contribution in [0.3, 0.4) is 0 Å². The molecule has 0 unspecified atom stereocenters. The molecule has 0 aliphatic rings. The minimum absolute atomic E-state index is 0.232. The number of rotatable bonds is 4. The van der Waals surface area contributed by atoms with Crippen molar-refractivity contribution < 1.29 is 4.74 Å². The van der Waals surface area contributed by atoms with E-state index in [4.69, 9.17) is 16.2 Å². The molecule has 0 saturated carbocycles. The van der Waals surface area contributed by atoms with Crippen molar-refractivity contribution in [2.45, 2.75) is 20.0 Å². The molecule has 0 aliphatic heterocycles. The summed E-state index contributed by atoms with van der Waals surface area (Å²) in [6, 6.07) is 8.18. The summed E-state index contributed by atoms with van der Waals surface area (Å²) in [4.78, 5) is 4.09. The van der Waals surface area contributed by atoms with Gasteiger partial charge in [0.05, 0.1) is 13.2 Å². The van der Waals surface area contributed by atoms with Crippen LogP contribution in [0.1, 0.15) is 18.1 Å². The van der Waals surface area contributed by atoms with Gasteiger partial charge in [0.15, 0.2) is 0 Å². The lowest BCUT2D eigenvalue weighted by Crippen LogP contribution is -2.16. The summed E-state index contributed by atoms with van der Waals surface area (Å²) in [5, 5.41) is 0. The molecule has 0 spiro atoms. The molecule has 0 atom stereocenters. The largest absolute Gasteiger partial charge is 0.466 e. The van der Waals surface area contributed by atoms with Gasteiger partial charge in [-0.25, -0.2) is 4.99 Å². The average Bonchev–Trinajstić information content (AvgIpc) is 2.27. The molecule has 1 aromatic rings. The Morgan fingerprint density at radius 3 is 2.80 bits per heavy atom. The van der Waals surface area contributed by atoms with E-state index in [-0.39, 0.29) is 6.02 Å². The number of hydrogen-bond donors (Lipinski definition) is 2. The van der Waals surface area contributed by atoms with E-state index in [1.807, 2.05) is 31.2 Å². The van der Waals surface area contributed by atoms with Gasteiger partial charge in [0, 0.05) is 6.54 Å². The molecular formula is C11H17N3O. The smallest absolute Gasteiger partial charge is 0.282 e. The molecule has 0 fully saturated rings. The van der Waals surface area contributed by atoms with Crippen molar-refractivity contribution in [1.29, 1.82) is 0 Å². The first kappa shape index (κ1) is 11.5. The monoisotopic (exact) mass is 207 g/mol. The molecular weight excluding hydrogens is 190 g/mol. The lowest BCUT2D eigenvalue weighted by atomic mass is 10.1. The first-order valence-corrected chi connectivity index (χ1v) is 4.97. The minimum Gasteiger partial charge on any atom is -0.466 e. The van der Waals surface area contributed by atoms with Crippen molar-refractivity contribution in [3.8, 4) is 0 Å². The summed E-state index contributed by atoms with van der Waals surface area (Å²) in [5.74, 6) is 0. The third-order valence-electron chi connectivity index (χ3n) is 1.94. The summed E-state index contributed by atoms with van der Waals surface area (Å²) < 4.78 is 5.02. The zero-order valence-electron chi connectivity index (χ0n) is 8.94. The summed E-state index contributed by atoms with van der Waals surface area (Å²) >= 11 is 0. The molecule has 4 N–H and O–H groups in total. The van der Waals surface area contributed by atoms with Gasteiger partial charge < -0.3 is 16.2 Å². The zero-order valence-corrected chi connectivity index (χ0v) is 8.94. The standard InChI is InChI=1S/C11H17N3O/c1-2-15-11(13)14-8-10-5-3-4-9(6-10)7-12/h3-6H,2,7-8,12H2,1H3,(H2,13,14). The van der Waals surface area contributed by atoms with Gasteiger partial charge in [-0.3, -0.25) is 0 Å². The predicted molar refractivity (Wildman–Crippen MR) is 61.3 cm³/mol. The SMILES string of the molecule is CCOC(N)=NCc1cccc(CN)c1. The number of benzene rings is 1. The third-order valence-corrected chi connectivity index (χ3v) is 1.94. The van der Waals surface area contributed by atoms with E-state index in [0.29, 0.717) is 19.7 Å². The number of nitrogens with zero attached hydrogens (tertiary/aromatic N) is 1. The fourth-order valence-corrected chi connectivity index (χ4v) is 1.22. The highest BCUT2D eigenvalue weighted by Gasteiger charge is 1.95. The van der Waals surface area contributed by atoms with Crippen molar-refractivity contribution in [2.24, 2.45) is 16.5 Å². The molecule has 82 valence electrons.